The van der Waals surface area contributed by atoms with Gasteiger partial charge in [0.15, 0.2) is 0 Å². The lowest BCUT2D eigenvalue weighted by Gasteiger charge is -2.26. The molecule has 2 aromatic carbocycles. The minimum absolute atomic E-state index is 0.229. The summed E-state index contributed by atoms with van der Waals surface area (Å²) in [5.74, 6) is 0. The highest BCUT2D eigenvalue weighted by Gasteiger charge is 2.26. The molecule has 0 radical (unpaired) electrons. The van der Waals surface area contributed by atoms with Crippen LogP contribution < -0.4 is 0 Å². The maximum Gasteiger partial charge on any atom is 0.101 e. The monoisotopic (exact) mass is 359 g/mol. The maximum atomic E-state index is 10.8. The Balaban J connectivity index is 1.89. The van der Waals surface area contributed by atoms with E-state index in [2.05, 4.69) is 70.2 Å². The van der Waals surface area contributed by atoms with Crippen LogP contribution in [0.3, 0.4) is 0 Å². The second-order valence-electron chi connectivity index (χ2n) is 9.06. The minimum Gasteiger partial charge on any atom is -0.386 e. The van der Waals surface area contributed by atoms with E-state index in [0.717, 1.165) is 36.9 Å². The van der Waals surface area contributed by atoms with Gasteiger partial charge in [0.1, 0.15) is 6.10 Å². The van der Waals surface area contributed by atoms with Crippen LogP contribution in [0.25, 0.3) is 10.9 Å². The minimum atomic E-state index is -0.567. The Morgan fingerprint density at radius 1 is 0.852 bits per heavy atom. The second-order valence-corrected chi connectivity index (χ2v) is 9.06. The van der Waals surface area contributed by atoms with Crippen LogP contribution in [0, 0.1) is 12.3 Å². The highest BCUT2D eigenvalue weighted by Crippen LogP contribution is 2.35. The Labute approximate surface area is 162 Å². The van der Waals surface area contributed by atoms with E-state index in [9.17, 15) is 5.11 Å². The van der Waals surface area contributed by atoms with Gasteiger partial charge in [-0.05, 0) is 71.9 Å². The summed E-state index contributed by atoms with van der Waals surface area (Å²) < 4.78 is 0. The van der Waals surface area contributed by atoms with E-state index in [4.69, 9.17) is 4.98 Å². The molecule has 0 unspecified atom stereocenters. The largest absolute Gasteiger partial charge is 0.386 e. The zero-order chi connectivity index (χ0) is 19.2. The van der Waals surface area contributed by atoms with Crippen LogP contribution in [0.5, 0.6) is 0 Å². The third-order valence-corrected chi connectivity index (χ3v) is 5.84. The smallest absolute Gasteiger partial charge is 0.101 e. The van der Waals surface area contributed by atoms with Crippen molar-refractivity contribution in [2.24, 2.45) is 5.41 Å². The van der Waals surface area contributed by atoms with Crippen LogP contribution in [-0.4, -0.2) is 10.1 Å². The number of aliphatic hydroxyl groups is 1. The SMILES string of the molecule is Cc1cc([C@H](O)C(C)(C)C)nc2c3ccc(c12)CCc1ccc(cc1)CC3. The van der Waals surface area contributed by atoms with Gasteiger partial charge < -0.3 is 5.11 Å². The van der Waals surface area contributed by atoms with Gasteiger partial charge in [0.25, 0.3) is 0 Å². The van der Waals surface area contributed by atoms with Crippen molar-refractivity contribution in [3.8, 4) is 0 Å². The van der Waals surface area contributed by atoms with Crippen LogP contribution in [0.1, 0.15) is 60.4 Å². The average molecular weight is 360 g/mol. The van der Waals surface area contributed by atoms with Gasteiger partial charge in [0.2, 0.25) is 0 Å². The quantitative estimate of drug-likeness (QED) is 0.622. The molecular formula is C25H29NO. The molecule has 4 aliphatic carbocycles. The van der Waals surface area contributed by atoms with Gasteiger partial charge in [-0.25, -0.2) is 4.98 Å². The predicted molar refractivity (Wildman–Crippen MR) is 112 cm³/mol. The summed E-state index contributed by atoms with van der Waals surface area (Å²) in [7, 11) is 0. The molecule has 0 saturated carbocycles. The summed E-state index contributed by atoms with van der Waals surface area (Å²) in [5, 5.41) is 12.1. The van der Waals surface area contributed by atoms with E-state index in [-0.39, 0.29) is 5.41 Å². The molecule has 0 fully saturated rings. The van der Waals surface area contributed by atoms with Crippen molar-refractivity contribution in [3.05, 3.63) is 76.0 Å². The number of rotatable bonds is 1. The molecule has 2 nitrogen and oxygen atoms in total. The Kier molecular flexibility index (Phi) is 4.55. The number of pyridine rings is 1. The van der Waals surface area contributed by atoms with E-state index in [1.807, 2.05) is 0 Å². The van der Waals surface area contributed by atoms with E-state index in [1.54, 1.807) is 0 Å². The zero-order valence-corrected chi connectivity index (χ0v) is 16.8. The first-order chi connectivity index (χ1) is 12.8. The molecule has 0 amide bonds. The van der Waals surface area contributed by atoms with E-state index in [0.29, 0.717) is 0 Å². The highest BCUT2D eigenvalue weighted by atomic mass is 16.3. The van der Waals surface area contributed by atoms with Crippen molar-refractivity contribution in [2.75, 3.05) is 0 Å². The van der Waals surface area contributed by atoms with Crippen LogP contribution in [-0.2, 0) is 25.7 Å². The maximum absolute atomic E-state index is 10.8. The van der Waals surface area contributed by atoms with Crippen LogP contribution >= 0.6 is 0 Å². The molecule has 1 aromatic heterocycles. The molecule has 1 heterocycles. The van der Waals surface area contributed by atoms with Gasteiger partial charge in [0, 0.05) is 5.39 Å². The Hall–Kier alpha value is -2.19. The molecule has 0 spiro atoms. The first-order valence-corrected chi connectivity index (χ1v) is 10.0. The summed E-state index contributed by atoms with van der Waals surface area (Å²) in [4.78, 5) is 5.00. The van der Waals surface area contributed by atoms with E-state index in [1.165, 1.54) is 33.2 Å². The number of hydrogen-bond acceptors (Lipinski definition) is 2. The molecule has 27 heavy (non-hydrogen) atoms. The fraction of sp³-hybridized carbons (Fsp3) is 0.400. The zero-order valence-electron chi connectivity index (χ0n) is 16.8. The lowest BCUT2D eigenvalue weighted by atomic mass is 9.85. The normalized spacial score (nSPS) is 15.6. The Bertz CT molecular complexity index is 980. The van der Waals surface area contributed by atoms with Crippen LogP contribution in [0.4, 0.5) is 0 Å². The number of aromatic nitrogens is 1. The molecule has 7 rings (SSSR count). The first kappa shape index (κ1) is 18.2. The van der Waals surface area contributed by atoms with Gasteiger partial charge >= 0.3 is 0 Å². The fourth-order valence-corrected chi connectivity index (χ4v) is 4.12. The summed E-state index contributed by atoms with van der Waals surface area (Å²) in [6.07, 6.45) is 3.47. The van der Waals surface area contributed by atoms with Gasteiger partial charge in [-0.3, -0.25) is 0 Å². The van der Waals surface area contributed by atoms with Crippen LogP contribution in [0.2, 0.25) is 0 Å². The molecule has 140 valence electrons. The Morgan fingerprint density at radius 2 is 1.41 bits per heavy atom. The highest BCUT2D eigenvalue weighted by molar-refractivity contribution is 5.88. The number of benzene rings is 2. The fourth-order valence-electron chi connectivity index (χ4n) is 4.12. The molecule has 0 saturated heterocycles. The summed E-state index contributed by atoms with van der Waals surface area (Å²) >= 11 is 0. The van der Waals surface area contributed by atoms with Gasteiger partial charge in [0.05, 0.1) is 11.2 Å². The average Bonchev–Trinajstić information content (AvgIpc) is 2.62. The first-order valence-electron chi connectivity index (χ1n) is 10.0. The standard InChI is InChI=1S/C25H29NO/c1-16-15-21(24(27)25(2,3)4)26-23-20-12-10-18-7-5-17(6-8-18)9-11-19(13-14-20)22(16)23/h5-8,13-15,24,27H,9-12H2,1-4H3/t24-/m0/s1. The summed E-state index contributed by atoms with van der Waals surface area (Å²) in [5.41, 5.74) is 8.28. The third kappa shape index (κ3) is 3.51. The van der Waals surface area contributed by atoms with Crippen LogP contribution in [0.15, 0.2) is 42.5 Å². The topological polar surface area (TPSA) is 33.1 Å². The second kappa shape index (κ2) is 6.76. The number of nitrogens with zero attached hydrogens (tertiary/aromatic N) is 1. The molecule has 2 heteroatoms. The van der Waals surface area contributed by atoms with E-state index < -0.39 is 6.10 Å². The third-order valence-electron chi connectivity index (χ3n) is 5.84. The van der Waals surface area contributed by atoms with Crippen molar-refractivity contribution >= 4 is 10.9 Å². The van der Waals surface area contributed by atoms with Gasteiger partial charge in [-0.15, -0.1) is 0 Å². The molecule has 1 atom stereocenters. The van der Waals surface area contributed by atoms with Crippen molar-refractivity contribution in [3.63, 3.8) is 0 Å². The molecule has 3 aromatic rings. The van der Waals surface area contributed by atoms with E-state index >= 15 is 0 Å². The number of aryl methyl sites for hydroxylation is 5. The van der Waals surface area contributed by atoms with Gasteiger partial charge in [-0.1, -0.05) is 57.2 Å². The van der Waals surface area contributed by atoms with Crippen molar-refractivity contribution < 1.29 is 5.11 Å². The lowest BCUT2D eigenvalue weighted by Crippen LogP contribution is -2.19. The number of aliphatic hydroxyl groups excluding tert-OH is 1. The summed E-state index contributed by atoms with van der Waals surface area (Å²) in [6.45, 7) is 8.35. The molecule has 4 aliphatic rings. The predicted octanol–water partition coefficient (Wildman–Crippen LogP) is 5.51. The number of hydrogen-bond donors (Lipinski definition) is 1. The molecular weight excluding hydrogens is 330 g/mol. The van der Waals surface area contributed by atoms with Crippen molar-refractivity contribution in [1.82, 2.24) is 4.98 Å². The molecule has 4 bridgehead atoms. The molecule has 0 aliphatic heterocycles. The van der Waals surface area contributed by atoms with Crippen molar-refractivity contribution in [2.45, 2.75) is 59.5 Å². The summed E-state index contributed by atoms with van der Waals surface area (Å²) in [6, 6.07) is 15.7. The van der Waals surface area contributed by atoms with Gasteiger partial charge in [-0.2, -0.15) is 0 Å². The van der Waals surface area contributed by atoms with Crippen molar-refractivity contribution in [1.29, 1.82) is 0 Å². The lowest BCUT2D eigenvalue weighted by molar-refractivity contribution is 0.0591. The Morgan fingerprint density at radius 3 is 2.00 bits per heavy atom. The molecule has 1 N–H and O–H groups in total.